The second-order valence-corrected chi connectivity index (χ2v) is 20.4. The summed E-state index contributed by atoms with van der Waals surface area (Å²) in [5, 5.41) is 75.6. The molecule has 1 saturated heterocycles. The summed E-state index contributed by atoms with van der Waals surface area (Å²) < 4.78 is 11.1. The Morgan fingerprint density at radius 3 is 1.25 bits per heavy atom. The molecule has 0 bridgehead atoms. The van der Waals surface area contributed by atoms with E-state index in [0.717, 1.165) is 38.5 Å². The van der Waals surface area contributed by atoms with E-state index in [1.807, 2.05) is 0 Å². The summed E-state index contributed by atoms with van der Waals surface area (Å²) in [5.74, 6) is -0.695. The summed E-state index contributed by atoms with van der Waals surface area (Å²) in [5.41, 5.74) is 0. The molecule has 67 heavy (non-hydrogen) atoms. The maximum atomic E-state index is 13.1. The van der Waals surface area contributed by atoms with Crippen LogP contribution in [0.4, 0.5) is 0 Å². The lowest BCUT2D eigenvalue weighted by Gasteiger charge is -2.40. The van der Waals surface area contributed by atoms with Gasteiger partial charge >= 0.3 is 0 Å². The van der Waals surface area contributed by atoms with E-state index >= 15 is 0 Å². The summed E-state index contributed by atoms with van der Waals surface area (Å²) >= 11 is 0. The molecule has 8 N–H and O–H groups in total. The van der Waals surface area contributed by atoms with Gasteiger partial charge in [0.25, 0.3) is 0 Å². The van der Waals surface area contributed by atoms with Crippen LogP contribution in [0.1, 0.15) is 271 Å². The molecule has 1 aliphatic rings. The lowest BCUT2D eigenvalue weighted by Crippen LogP contribution is -2.60. The molecule has 0 saturated carbocycles. The van der Waals surface area contributed by atoms with Gasteiger partial charge in [0.2, 0.25) is 5.91 Å². The fraction of sp³-hybridized carbons (Fsp3) is 0.946. The minimum Gasteiger partial charge on any atom is -0.394 e. The zero-order chi connectivity index (χ0) is 49.0. The van der Waals surface area contributed by atoms with E-state index in [1.165, 1.54) is 193 Å². The number of rotatable bonds is 49. The molecule has 1 amide bonds. The fourth-order valence-corrected chi connectivity index (χ4v) is 9.38. The molecule has 0 aromatic carbocycles. The number of aliphatic hydroxyl groups is 7. The van der Waals surface area contributed by atoms with Gasteiger partial charge in [0.05, 0.1) is 25.4 Å². The Labute approximate surface area is 411 Å². The number of hydrogen-bond donors (Lipinski definition) is 8. The van der Waals surface area contributed by atoms with Gasteiger partial charge in [0.15, 0.2) is 6.29 Å². The van der Waals surface area contributed by atoms with Crippen molar-refractivity contribution in [3.05, 3.63) is 12.2 Å². The van der Waals surface area contributed by atoms with Gasteiger partial charge in [0, 0.05) is 0 Å². The SMILES string of the molecule is CCCCCCCCCCCCCC/C=C\CCCCCCCCCCCCCCCCCCC(O)C(=O)NC(COC1OC(CO)C(O)C(O)C1O)C(O)C(O)CCCCCCCCCC. The van der Waals surface area contributed by atoms with Crippen molar-refractivity contribution in [3.8, 4) is 0 Å². The Morgan fingerprint density at radius 2 is 0.866 bits per heavy atom. The van der Waals surface area contributed by atoms with Crippen molar-refractivity contribution in [3.63, 3.8) is 0 Å². The van der Waals surface area contributed by atoms with Crippen LogP contribution >= 0.6 is 0 Å². The predicted octanol–water partition coefficient (Wildman–Crippen LogP) is 11.6. The van der Waals surface area contributed by atoms with Crippen LogP contribution in [-0.2, 0) is 14.3 Å². The Hall–Kier alpha value is -1.15. The molecule has 11 heteroatoms. The van der Waals surface area contributed by atoms with E-state index in [-0.39, 0.29) is 6.42 Å². The first-order chi connectivity index (χ1) is 32.7. The van der Waals surface area contributed by atoms with E-state index in [4.69, 9.17) is 9.47 Å². The zero-order valence-electron chi connectivity index (χ0n) is 43.4. The van der Waals surface area contributed by atoms with Crippen molar-refractivity contribution in [2.24, 2.45) is 0 Å². The Bertz CT molecular complexity index is 1100. The molecule has 1 heterocycles. The van der Waals surface area contributed by atoms with Crippen molar-refractivity contribution >= 4 is 5.91 Å². The van der Waals surface area contributed by atoms with Crippen molar-refractivity contribution in [1.82, 2.24) is 5.32 Å². The third-order valence-electron chi connectivity index (χ3n) is 14.1. The average molecular weight is 956 g/mol. The van der Waals surface area contributed by atoms with Crippen LogP contribution in [0.3, 0.4) is 0 Å². The maximum absolute atomic E-state index is 13.1. The fourth-order valence-electron chi connectivity index (χ4n) is 9.38. The second kappa shape index (κ2) is 46.0. The molecule has 11 nitrogen and oxygen atoms in total. The summed E-state index contributed by atoms with van der Waals surface area (Å²) in [6.07, 6.45) is 41.8. The number of hydrogen-bond acceptors (Lipinski definition) is 10. The minimum atomic E-state index is -1.66. The lowest BCUT2D eigenvalue weighted by atomic mass is 9.98. The molecular weight excluding hydrogens is 847 g/mol. The van der Waals surface area contributed by atoms with Crippen LogP contribution < -0.4 is 5.32 Å². The highest BCUT2D eigenvalue weighted by atomic mass is 16.7. The quantitative estimate of drug-likeness (QED) is 0.0215. The topological polar surface area (TPSA) is 189 Å². The largest absolute Gasteiger partial charge is 0.394 e. The number of aliphatic hydroxyl groups excluding tert-OH is 7. The molecular formula is C56H109NO10. The summed E-state index contributed by atoms with van der Waals surface area (Å²) in [6.45, 7) is 3.42. The van der Waals surface area contributed by atoms with Crippen LogP contribution in [0.2, 0.25) is 0 Å². The summed E-state index contributed by atoms with van der Waals surface area (Å²) in [4.78, 5) is 13.1. The normalized spacial score (nSPS) is 20.6. The van der Waals surface area contributed by atoms with Crippen molar-refractivity contribution in [1.29, 1.82) is 0 Å². The van der Waals surface area contributed by atoms with Gasteiger partial charge < -0.3 is 50.5 Å². The number of carbonyl (C=O) groups excluding carboxylic acids is 1. The molecule has 1 rings (SSSR count). The van der Waals surface area contributed by atoms with E-state index in [0.29, 0.717) is 19.3 Å². The number of unbranched alkanes of at least 4 members (excludes halogenated alkanes) is 35. The third kappa shape index (κ3) is 34.8. The van der Waals surface area contributed by atoms with Gasteiger partial charge in [0.1, 0.15) is 36.6 Å². The number of nitrogens with one attached hydrogen (secondary N) is 1. The number of amides is 1. The molecule has 0 aliphatic carbocycles. The minimum absolute atomic E-state index is 0.264. The van der Waals surface area contributed by atoms with Gasteiger partial charge in [-0.25, -0.2) is 0 Å². The lowest BCUT2D eigenvalue weighted by molar-refractivity contribution is -0.303. The molecule has 398 valence electrons. The third-order valence-corrected chi connectivity index (χ3v) is 14.1. The summed E-state index contributed by atoms with van der Waals surface area (Å²) in [6, 6.07) is -1.16. The second-order valence-electron chi connectivity index (χ2n) is 20.4. The van der Waals surface area contributed by atoms with E-state index in [2.05, 4.69) is 31.3 Å². The highest BCUT2D eigenvalue weighted by molar-refractivity contribution is 5.80. The number of allylic oxidation sites excluding steroid dienone is 2. The summed E-state index contributed by atoms with van der Waals surface area (Å²) in [7, 11) is 0. The molecule has 0 aromatic heterocycles. The van der Waals surface area contributed by atoms with E-state index < -0.39 is 74.2 Å². The van der Waals surface area contributed by atoms with Gasteiger partial charge in [-0.2, -0.15) is 0 Å². The van der Waals surface area contributed by atoms with Crippen LogP contribution in [-0.4, -0.2) is 110 Å². The zero-order valence-corrected chi connectivity index (χ0v) is 43.4. The van der Waals surface area contributed by atoms with Crippen molar-refractivity contribution < 1.29 is 50.0 Å². The Morgan fingerprint density at radius 1 is 0.507 bits per heavy atom. The maximum Gasteiger partial charge on any atom is 0.249 e. The molecule has 9 atom stereocenters. The number of carbonyl (C=O) groups is 1. The predicted molar refractivity (Wildman–Crippen MR) is 275 cm³/mol. The van der Waals surface area contributed by atoms with E-state index in [1.54, 1.807) is 0 Å². The smallest absolute Gasteiger partial charge is 0.249 e. The molecule has 9 unspecified atom stereocenters. The first-order valence-corrected chi connectivity index (χ1v) is 28.6. The molecule has 1 aliphatic heterocycles. The van der Waals surface area contributed by atoms with Gasteiger partial charge in [-0.05, 0) is 38.5 Å². The first-order valence-electron chi connectivity index (χ1n) is 28.6. The van der Waals surface area contributed by atoms with Gasteiger partial charge in [-0.1, -0.05) is 244 Å². The molecule has 0 radical (unpaired) electrons. The first kappa shape index (κ1) is 63.9. The highest BCUT2D eigenvalue weighted by Crippen LogP contribution is 2.23. The Kier molecular flexibility index (Phi) is 43.8. The Balaban J connectivity index is 2.13. The van der Waals surface area contributed by atoms with Crippen LogP contribution in [0.15, 0.2) is 12.2 Å². The van der Waals surface area contributed by atoms with Crippen LogP contribution in [0.25, 0.3) is 0 Å². The van der Waals surface area contributed by atoms with Crippen LogP contribution in [0, 0.1) is 0 Å². The molecule has 0 aromatic rings. The van der Waals surface area contributed by atoms with Gasteiger partial charge in [-0.3, -0.25) is 4.79 Å². The van der Waals surface area contributed by atoms with E-state index in [9.17, 15) is 40.5 Å². The van der Waals surface area contributed by atoms with Gasteiger partial charge in [-0.15, -0.1) is 0 Å². The molecule has 0 spiro atoms. The van der Waals surface area contributed by atoms with Crippen molar-refractivity contribution in [2.45, 2.75) is 326 Å². The average Bonchev–Trinajstić information content (AvgIpc) is 3.33. The highest BCUT2D eigenvalue weighted by Gasteiger charge is 2.44. The molecule has 1 fully saturated rings. The monoisotopic (exact) mass is 956 g/mol. The van der Waals surface area contributed by atoms with Crippen molar-refractivity contribution in [2.75, 3.05) is 13.2 Å². The number of ether oxygens (including phenoxy) is 2. The van der Waals surface area contributed by atoms with Crippen LogP contribution in [0.5, 0.6) is 0 Å². The standard InChI is InChI=1S/C56H109NO10/c1-3-5-7-9-11-13-14-15-16-17-18-19-20-21-22-23-24-25-26-27-28-29-30-31-32-33-34-35-36-38-40-42-44-49(60)55(65)57-47(46-66-56-54(64)53(63)52(62)50(45-58)67-56)51(61)48(59)43-41-39-37-12-10-8-6-4-2/h21-22,47-54,56,58-64H,3-20,23-46H2,1-2H3,(H,57,65)/b22-21-.